The molecule has 0 aliphatic carbocycles. The zero-order valence-corrected chi connectivity index (χ0v) is 19.4. The predicted molar refractivity (Wildman–Crippen MR) is 133 cm³/mol. The highest BCUT2D eigenvalue weighted by molar-refractivity contribution is 6.62. The van der Waals surface area contributed by atoms with E-state index >= 15 is 0 Å². The summed E-state index contributed by atoms with van der Waals surface area (Å²) in [7, 11) is -0.532. The molecule has 2 aromatic carbocycles. The minimum atomic E-state index is -0.559. The van der Waals surface area contributed by atoms with E-state index in [0.717, 1.165) is 5.46 Å². The number of hydrogen-bond donors (Lipinski definition) is 3. The van der Waals surface area contributed by atoms with E-state index in [9.17, 15) is 10.1 Å². The van der Waals surface area contributed by atoms with Crippen molar-refractivity contribution in [3.63, 3.8) is 0 Å². The van der Waals surface area contributed by atoms with E-state index in [4.69, 9.17) is 15.0 Å². The molecule has 1 aliphatic heterocycles. The first-order valence-corrected chi connectivity index (χ1v) is 10.8. The fraction of sp³-hybridized carbons (Fsp3) is 0.250. The van der Waals surface area contributed by atoms with E-state index in [1.165, 1.54) is 6.21 Å². The van der Waals surface area contributed by atoms with Crippen molar-refractivity contribution in [1.82, 2.24) is 9.97 Å². The second kappa shape index (κ2) is 8.78. The summed E-state index contributed by atoms with van der Waals surface area (Å²) in [5.41, 5.74) is 10.2. The molecule has 1 aliphatic rings. The molecule has 4 N–H and O–H groups in total. The second-order valence-electron chi connectivity index (χ2n) is 8.96. The summed E-state index contributed by atoms with van der Waals surface area (Å²) >= 11 is 0. The monoisotopic (exact) mass is 456 g/mol. The van der Waals surface area contributed by atoms with Crippen LogP contribution in [0.25, 0.3) is 11.3 Å². The summed E-state index contributed by atoms with van der Waals surface area (Å²) < 4.78 is 12.2. The molecule has 0 spiro atoms. The number of nitrogens with two attached hydrogens (primary N) is 1. The Bertz CT molecular complexity index is 1330. The van der Waals surface area contributed by atoms with Gasteiger partial charge < -0.3 is 15.0 Å². The van der Waals surface area contributed by atoms with E-state index in [1.807, 2.05) is 52.0 Å². The summed E-state index contributed by atoms with van der Waals surface area (Å²) in [6, 6.07) is 16.4. The van der Waals surface area contributed by atoms with Crippen LogP contribution < -0.4 is 22.2 Å². The van der Waals surface area contributed by atoms with Crippen molar-refractivity contribution in [1.29, 1.82) is 5.26 Å². The first kappa shape index (κ1) is 23.2. The van der Waals surface area contributed by atoms with Gasteiger partial charge in [-0.1, -0.05) is 42.5 Å². The van der Waals surface area contributed by atoms with Gasteiger partial charge in [-0.25, -0.2) is 10.4 Å². The van der Waals surface area contributed by atoms with Gasteiger partial charge in [0.2, 0.25) is 5.95 Å². The molecule has 3 aromatic rings. The zero-order valence-electron chi connectivity index (χ0n) is 19.4. The van der Waals surface area contributed by atoms with Crippen molar-refractivity contribution < 1.29 is 9.31 Å². The highest BCUT2D eigenvalue weighted by atomic mass is 16.7. The molecule has 0 unspecified atom stereocenters. The summed E-state index contributed by atoms with van der Waals surface area (Å²) in [6.07, 6.45) is 1.52. The number of hydrogen-bond acceptors (Lipinski definition) is 8. The molecule has 0 bridgehead atoms. The topological polar surface area (TPSA) is 138 Å². The lowest BCUT2D eigenvalue weighted by atomic mass is 9.78. The maximum Gasteiger partial charge on any atom is 0.494 e. The number of nitriles is 1. The van der Waals surface area contributed by atoms with Gasteiger partial charge in [0.1, 0.15) is 11.6 Å². The zero-order chi connectivity index (χ0) is 24.5. The lowest BCUT2D eigenvalue weighted by molar-refractivity contribution is 0.00578. The van der Waals surface area contributed by atoms with Crippen molar-refractivity contribution >= 4 is 30.4 Å². The molecule has 1 fully saturated rings. The van der Waals surface area contributed by atoms with Crippen LogP contribution >= 0.6 is 0 Å². The Balaban J connectivity index is 1.58. The van der Waals surface area contributed by atoms with Crippen LogP contribution in [0, 0.1) is 11.3 Å². The third-order valence-electron chi connectivity index (χ3n) is 6.09. The molecule has 4 rings (SSSR count). The number of rotatable bonds is 5. The number of anilines is 2. The van der Waals surface area contributed by atoms with Crippen LogP contribution in [0.2, 0.25) is 0 Å². The van der Waals surface area contributed by atoms with Crippen LogP contribution in [-0.4, -0.2) is 34.5 Å². The van der Waals surface area contributed by atoms with Gasteiger partial charge in [0.15, 0.2) is 0 Å². The molecule has 0 atom stereocenters. The molecular weight excluding hydrogens is 431 g/mol. The fourth-order valence-corrected chi connectivity index (χ4v) is 3.43. The average Bonchev–Trinajstić information content (AvgIpc) is 3.02. The van der Waals surface area contributed by atoms with Crippen LogP contribution in [0.1, 0.15) is 38.8 Å². The van der Waals surface area contributed by atoms with Crippen LogP contribution in [-0.2, 0) is 9.31 Å². The van der Waals surface area contributed by atoms with E-state index in [-0.39, 0.29) is 17.2 Å². The molecular formula is C24H25BN6O3. The minimum Gasteiger partial charge on any atom is -0.399 e. The Labute approximate surface area is 197 Å². The Morgan fingerprint density at radius 1 is 1.15 bits per heavy atom. The average molecular weight is 456 g/mol. The van der Waals surface area contributed by atoms with Gasteiger partial charge >= 0.3 is 7.12 Å². The third kappa shape index (κ3) is 4.44. The first-order valence-electron chi connectivity index (χ1n) is 10.8. The minimum absolute atomic E-state index is 0.0694. The van der Waals surface area contributed by atoms with Crippen molar-refractivity contribution in [3.8, 4) is 17.3 Å². The number of nitrogens with zero attached hydrogens (tertiary/aromatic N) is 3. The highest BCUT2D eigenvalue weighted by Crippen LogP contribution is 2.36. The molecule has 0 saturated carbocycles. The maximum absolute atomic E-state index is 12.4. The van der Waals surface area contributed by atoms with Crippen LogP contribution in [0.15, 0.2) is 58.4 Å². The SMILES string of the molecule is CC1(C)OB(c2ccc(N)c(C=NNc3nc(-c4ccccc4)c(C#N)c(=O)[nH]3)c2)OC1(C)C. The molecule has 9 nitrogen and oxygen atoms in total. The van der Waals surface area contributed by atoms with Crippen LogP contribution in [0.5, 0.6) is 0 Å². The molecule has 0 radical (unpaired) electrons. The van der Waals surface area contributed by atoms with Crippen LogP contribution in [0.3, 0.4) is 0 Å². The summed E-state index contributed by atoms with van der Waals surface area (Å²) in [5.74, 6) is 0.0970. The van der Waals surface area contributed by atoms with E-state index in [0.29, 0.717) is 16.8 Å². The summed E-state index contributed by atoms with van der Waals surface area (Å²) in [4.78, 5) is 19.3. The van der Waals surface area contributed by atoms with Gasteiger partial charge in [-0.05, 0) is 39.2 Å². The van der Waals surface area contributed by atoms with Gasteiger partial charge in [-0.2, -0.15) is 10.4 Å². The third-order valence-corrected chi connectivity index (χ3v) is 6.09. The molecule has 1 aromatic heterocycles. The van der Waals surface area contributed by atoms with Crippen molar-refractivity contribution in [2.24, 2.45) is 5.10 Å². The number of aromatic nitrogens is 2. The number of aromatic amines is 1. The first-order chi connectivity index (χ1) is 16.1. The largest absolute Gasteiger partial charge is 0.494 e. The molecule has 2 heterocycles. The van der Waals surface area contributed by atoms with Gasteiger partial charge in [0.05, 0.1) is 23.1 Å². The standard InChI is InChI=1S/C24H25BN6O3/c1-23(2)24(3,4)34-25(33-23)17-10-11-19(27)16(12-17)14-28-31-22-29-20(15-8-6-5-7-9-15)18(13-26)21(32)30-22/h5-12,14H,27H2,1-4H3,(H2,29,30,31,32). The molecule has 34 heavy (non-hydrogen) atoms. The van der Waals surface area contributed by atoms with E-state index in [2.05, 4.69) is 20.5 Å². The van der Waals surface area contributed by atoms with Gasteiger partial charge in [0, 0.05) is 16.8 Å². The van der Waals surface area contributed by atoms with Gasteiger partial charge in [-0.15, -0.1) is 0 Å². The Kier molecular flexibility index (Phi) is 6.00. The number of benzene rings is 2. The molecule has 172 valence electrons. The van der Waals surface area contributed by atoms with E-state index < -0.39 is 23.9 Å². The van der Waals surface area contributed by atoms with Crippen molar-refractivity contribution in [2.45, 2.75) is 38.9 Å². The number of H-pyrrole nitrogens is 1. The molecule has 1 saturated heterocycles. The smallest absolute Gasteiger partial charge is 0.399 e. The highest BCUT2D eigenvalue weighted by Gasteiger charge is 2.51. The number of nitrogens with one attached hydrogen (secondary N) is 2. The lowest BCUT2D eigenvalue weighted by Gasteiger charge is -2.32. The number of nitrogen functional groups attached to an aromatic ring is 1. The van der Waals surface area contributed by atoms with Crippen molar-refractivity contribution in [2.75, 3.05) is 11.2 Å². The Hall–Kier alpha value is -3.94. The Morgan fingerprint density at radius 2 is 1.82 bits per heavy atom. The fourth-order valence-electron chi connectivity index (χ4n) is 3.43. The second-order valence-corrected chi connectivity index (χ2v) is 8.96. The number of hydrazone groups is 1. The maximum atomic E-state index is 12.4. The lowest BCUT2D eigenvalue weighted by Crippen LogP contribution is -2.41. The van der Waals surface area contributed by atoms with Crippen LogP contribution in [0.4, 0.5) is 11.6 Å². The summed E-state index contributed by atoms with van der Waals surface area (Å²) in [5, 5.41) is 13.6. The molecule has 10 heteroatoms. The van der Waals surface area contributed by atoms with Crippen molar-refractivity contribution in [3.05, 3.63) is 70.0 Å². The van der Waals surface area contributed by atoms with Gasteiger partial charge in [-0.3, -0.25) is 9.78 Å². The Morgan fingerprint density at radius 3 is 2.47 bits per heavy atom. The predicted octanol–water partition coefficient (Wildman–Crippen LogP) is 2.64. The summed E-state index contributed by atoms with van der Waals surface area (Å²) in [6.45, 7) is 7.97. The quantitative estimate of drug-likeness (QED) is 0.232. The molecule has 0 amide bonds. The normalized spacial score (nSPS) is 16.5. The van der Waals surface area contributed by atoms with Gasteiger partial charge in [0.25, 0.3) is 5.56 Å². The van der Waals surface area contributed by atoms with E-state index in [1.54, 1.807) is 30.3 Å².